The van der Waals surface area contributed by atoms with Gasteiger partial charge in [-0.05, 0) is 69.4 Å². The Morgan fingerprint density at radius 1 is 1.22 bits per heavy atom. The van der Waals surface area contributed by atoms with E-state index in [-0.39, 0.29) is 41.0 Å². The monoisotopic (exact) mass is 508 g/mol. The highest BCUT2D eigenvalue weighted by atomic mass is 16.5. The number of hydrogen-bond acceptors (Lipinski definition) is 8. The van der Waals surface area contributed by atoms with Gasteiger partial charge in [-0.1, -0.05) is 13.8 Å². The van der Waals surface area contributed by atoms with Crippen molar-refractivity contribution in [3.63, 3.8) is 0 Å². The average Bonchev–Trinajstić information content (AvgIpc) is 3.69. The summed E-state index contributed by atoms with van der Waals surface area (Å²) in [4.78, 5) is 29.8. The standard InChI is InChI=1S/C29H34NO7/c1-27(2)19-13-20(31)29(4)24(28(19,3)10-9-21(27)36-25(33)15-7-8-15)23(32)22-18(37-29)12-17(35-26(22)34)16-6-5-11-30-14-16/h5-6,11-12,14-15,19-21,23-24,31-32H,1,7-10,13H2,2-4H3/t19-,20-,21-,23-,24+,27+,28-,29+/m0/s1. The maximum atomic E-state index is 13.2. The minimum absolute atomic E-state index is 0.00907. The van der Waals surface area contributed by atoms with Crippen LogP contribution < -0.4 is 10.4 Å². The van der Waals surface area contributed by atoms with Gasteiger partial charge in [-0.25, -0.2) is 4.79 Å². The first kappa shape index (κ1) is 24.6. The average molecular weight is 509 g/mol. The first-order valence-corrected chi connectivity index (χ1v) is 13.2. The number of nitrogens with zero attached hydrogens (tertiary/aromatic N) is 1. The lowest BCUT2D eigenvalue weighted by atomic mass is 9.43. The molecule has 197 valence electrons. The van der Waals surface area contributed by atoms with E-state index in [0.717, 1.165) is 12.8 Å². The van der Waals surface area contributed by atoms with Gasteiger partial charge >= 0.3 is 11.6 Å². The number of aliphatic hydroxyl groups is 2. The SMILES string of the molecule is [CH2][C@]1(C)[C@@H](OC(=O)C2CC2)CC[C@]2(C)[C@H]3[C@@H](O)c4c(cc(-c5cccnc5)oc4=O)O[C@]3(C)[C@@H](O)C[C@@H]12. The second kappa shape index (κ2) is 8.14. The number of carbonyl (C=O) groups is 1. The summed E-state index contributed by atoms with van der Waals surface area (Å²) in [6, 6.07) is 5.10. The van der Waals surface area contributed by atoms with Gasteiger partial charge in [0.15, 0.2) is 0 Å². The molecule has 4 aliphatic rings. The molecule has 3 saturated carbocycles. The van der Waals surface area contributed by atoms with Crippen molar-refractivity contribution in [3.8, 4) is 17.1 Å². The van der Waals surface area contributed by atoms with Gasteiger partial charge in [0.1, 0.15) is 28.8 Å². The zero-order valence-electron chi connectivity index (χ0n) is 21.5. The highest BCUT2D eigenvalue weighted by Gasteiger charge is 2.68. The Labute approximate surface area is 216 Å². The Hall–Kier alpha value is -2.71. The Morgan fingerprint density at radius 2 is 1.97 bits per heavy atom. The molecule has 1 aliphatic heterocycles. The molecule has 8 atom stereocenters. The highest BCUT2D eigenvalue weighted by molar-refractivity contribution is 5.75. The van der Waals surface area contributed by atoms with E-state index in [1.165, 1.54) is 0 Å². The van der Waals surface area contributed by atoms with Gasteiger partial charge in [-0.3, -0.25) is 9.78 Å². The number of esters is 1. The van der Waals surface area contributed by atoms with Crippen molar-refractivity contribution >= 4 is 5.97 Å². The van der Waals surface area contributed by atoms with Crippen LogP contribution in [0.2, 0.25) is 0 Å². The van der Waals surface area contributed by atoms with Crippen molar-refractivity contribution in [3.05, 3.63) is 53.5 Å². The summed E-state index contributed by atoms with van der Waals surface area (Å²) in [6.45, 7) is 10.4. The van der Waals surface area contributed by atoms with Gasteiger partial charge in [0.25, 0.3) is 0 Å². The molecule has 0 unspecified atom stereocenters. The van der Waals surface area contributed by atoms with Crippen LogP contribution in [0.1, 0.15) is 64.5 Å². The molecule has 3 aliphatic carbocycles. The number of ether oxygens (including phenoxy) is 2. The summed E-state index contributed by atoms with van der Waals surface area (Å²) in [7, 11) is 0. The number of fused-ring (bicyclic) bond motifs is 4. The molecule has 0 bridgehead atoms. The molecule has 0 amide bonds. The van der Waals surface area contributed by atoms with Crippen LogP contribution in [0.4, 0.5) is 0 Å². The van der Waals surface area contributed by atoms with E-state index in [1.54, 1.807) is 30.6 Å². The van der Waals surface area contributed by atoms with Crippen molar-refractivity contribution < 1.29 is 28.9 Å². The van der Waals surface area contributed by atoms with E-state index >= 15 is 0 Å². The lowest BCUT2D eigenvalue weighted by Gasteiger charge is -2.66. The largest absolute Gasteiger partial charge is 0.484 e. The summed E-state index contributed by atoms with van der Waals surface area (Å²) in [6.07, 6.45) is 4.01. The van der Waals surface area contributed by atoms with Crippen LogP contribution in [0, 0.1) is 35.5 Å². The third kappa shape index (κ3) is 3.59. The van der Waals surface area contributed by atoms with E-state index in [0.29, 0.717) is 24.8 Å². The van der Waals surface area contributed by atoms with Gasteiger partial charge in [0.2, 0.25) is 0 Å². The Kier molecular flexibility index (Phi) is 5.42. The number of carbonyl (C=O) groups excluding carboxylic acids is 1. The Bertz CT molecular complexity index is 1280. The number of rotatable bonds is 3. The predicted octanol–water partition coefficient (Wildman–Crippen LogP) is 3.85. The quantitative estimate of drug-likeness (QED) is 0.600. The van der Waals surface area contributed by atoms with E-state index in [4.69, 9.17) is 13.9 Å². The molecule has 2 aromatic heterocycles. The maximum absolute atomic E-state index is 13.2. The van der Waals surface area contributed by atoms with E-state index < -0.39 is 40.2 Å². The van der Waals surface area contributed by atoms with Crippen molar-refractivity contribution in [2.24, 2.45) is 28.6 Å². The molecular weight excluding hydrogens is 474 g/mol. The number of aliphatic hydroxyl groups excluding tert-OH is 2. The summed E-state index contributed by atoms with van der Waals surface area (Å²) < 4.78 is 18.0. The van der Waals surface area contributed by atoms with Crippen LogP contribution in [-0.4, -0.2) is 39.0 Å². The molecule has 2 N–H and O–H groups in total. The number of hydrogen-bond donors (Lipinski definition) is 2. The molecule has 8 heteroatoms. The smallest absolute Gasteiger partial charge is 0.345 e. The second-order valence-electron chi connectivity index (χ2n) is 12.2. The van der Waals surface area contributed by atoms with Gasteiger partial charge in [-0.2, -0.15) is 0 Å². The Morgan fingerprint density at radius 3 is 2.65 bits per heavy atom. The van der Waals surface area contributed by atoms with E-state index in [1.807, 2.05) is 13.8 Å². The molecule has 3 heterocycles. The number of pyridine rings is 1. The molecular formula is C29H34NO7. The van der Waals surface area contributed by atoms with Gasteiger partial charge < -0.3 is 24.1 Å². The third-order valence-corrected chi connectivity index (χ3v) is 9.73. The van der Waals surface area contributed by atoms with Gasteiger partial charge in [-0.15, -0.1) is 0 Å². The van der Waals surface area contributed by atoms with Crippen LogP contribution in [0.3, 0.4) is 0 Å². The molecule has 0 aromatic carbocycles. The molecule has 6 rings (SSSR count). The lowest BCUT2D eigenvalue weighted by molar-refractivity contribution is -0.255. The Balaban J connectivity index is 1.39. The molecule has 37 heavy (non-hydrogen) atoms. The molecule has 2 aromatic rings. The molecule has 3 fully saturated rings. The van der Waals surface area contributed by atoms with Crippen molar-refractivity contribution in [1.82, 2.24) is 4.98 Å². The van der Waals surface area contributed by atoms with Crippen LogP contribution in [0.15, 0.2) is 39.8 Å². The molecule has 8 nitrogen and oxygen atoms in total. The fourth-order valence-electron chi connectivity index (χ4n) is 7.60. The van der Waals surface area contributed by atoms with Crippen molar-refractivity contribution in [1.29, 1.82) is 0 Å². The predicted molar refractivity (Wildman–Crippen MR) is 133 cm³/mol. The van der Waals surface area contributed by atoms with Crippen LogP contribution >= 0.6 is 0 Å². The minimum Gasteiger partial charge on any atom is -0.484 e. The maximum Gasteiger partial charge on any atom is 0.345 e. The minimum atomic E-state index is -1.21. The normalized spacial score (nSPS) is 37.9. The van der Waals surface area contributed by atoms with Gasteiger partial charge in [0, 0.05) is 35.4 Å². The fourth-order valence-corrected chi connectivity index (χ4v) is 7.60. The van der Waals surface area contributed by atoms with E-state index in [2.05, 4.69) is 18.8 Å². The highest BCUT2D eigenvalue weighted by Crippen LogP contribution is 2.67. The first-order chi connectivity index (χ1) is 17.5. The van der Waals surface area contributed by atoms with Crippen LogP contribution in [0.25, 0.3) is 11.3 Å². The second-order valence-corrected chi connectivity index (χ2v) is 12.2. The molecule has 0 saturated heterocycles. The fraction of sp³-hybridized carbons (Fsp3) is 0.586. The topological polar surface area (TPSA) is 119 Å². The van der Waals surface area contributed by atoms with Crippen molar-refractivity contribution in [2.45, 2.75) is 76.8 Å². The zero-order valence-corrected chi connectivity index (χ0v) is 21.5. The summed E-state index contributed by atoms with van der Waals surface area (Å²) in [5.41, 5.74) is -2.37. The molecule has 1 radical (unpaired) electrons. The van der Waals surface area contributed by atoms with Crippen molar-refractivity contribution in [2.75, 3.05) is 0 Å². The lowest BCUT2D eigenvalue weighted by Crippen LogP contribution is -2.70. The molecule has 0 spiro atoms. The summed E-state index contributed by atoms with van der Waals surface area (Å²) >= 11 is 0. The zero-order chi connectivity index (χ0) is 26.3. The van der Waals surface area contributed by atoms with Crippen LogP contribution in [0.5, 0.6) is 5.75 Å². The van der Waals surface area contributed by atoms with E-state index in [9.17, 15) is 19.8 Å². The summed E-state index contributed by atoms with van der Waals surface area (Å²) in [5, 5.41) is 23.3. The number of aromatic nitrogens is 1. The van der Waals surface area contributed by atoms with Gasteiger partial charge in [0.05, 0.1) is 18.1 Å². The third-order valence-electron chi connectivity index (χ3n) is 9.73. The first-order valence-electron chi connectivity index (χ1n) is 13.2. The van der Waals surface area contributed by atoms with Crippen LogP contribution in [-0.2, 0) is 9.53 Å². The summed E-state index contributed by atoms with van der Waals surface area (Å²) in [5.74, 6) is -0.461.